The second-order valence-corrected chi connectivity index (χ2v) is 9.61. The number of sulfonamides is 1. The fourth-order valence-electron chi connectivity index (χ4n) is 2.76. The van der Waals surface area contributed by atoms with Gasteiger partial charge < -0.3 is 5.32 Å². The molecule has 0 amide bonds. The highest BCUT2D eigenvalue weighted by atomic mass is 127. The second-order valence-electron chi connectivity index (χ2n) is 6.40. The van der Waals surface area contributed by atoms with Crippen LogP contribution in [0, 0.1) is 16.3 Å². The molecule has 2 aromatic rings. The number of hydrogen-bond donors (Lipinski definition) is 2. The molecule has 0 saturated heterocycles. The van der Waals surface area contributed by atoms with Crippen LogP contribution in [0.4, 0.5) is 21.6 Å². The van der Waals surface area contributed by atoms with Crippen LogP contribution in [-0.2, 0) is 17.1 Å². The van der Waals surface area contributed by atoms with Crippen molar-refractivity contribution in [2.24, 2.45) is 7.05 Å². The number of benzene rings is 1. The predicted octanol–water partition coefficient (Wildman–Crippen LogP) is 3.48. The average molecular weight is 491 g/mol. The lowest BCUT2D eigenvalue weighted by molar-refractivity contribution is 0.479. The molecule has 0 aliphatic heterocycles. The van der Waals surface area contributed by atoms with Crippen molar-refractivity contribution < 1.29 is 12.8 Å². The van der Waals surface area contributed by atoms with Crippen LogP contribution in [0.25, 0.3) is 0 Å². The highest BCUT2D eigenvalue weighted by Gasteiger charge is 2.32. The van der Waals surface area contributed by atoms with Crippen LogP contribution in [0.5, 0.6) is 0 Å². The molecule has 9 heteroatoms. The molecule has 0 unspecified atom stereocenters. The highest BCUT2D eigenvalue weighted by molar-refractivity contribution is 14.1. The lowest BCUT2D eigenvalue weighted by atomic mass is 10.0. The van der Waals surface area contributed by atoms with Gasteiger partial charge in [0.25, 0.3) is 5.56 Å². The van der Waals surface area contributed by atoms with Crippen LogP contribution < -0.4 is 15.6 Å². The molecule has 1 saturated carbocycles. The normalized spacial score (nSPS) is 14.8. The molecule has 1 aromatic carbocycles. The van der Waals surface area contributed by atoms with Gasteiger partial charge in [-0.15, -0.1) is 0 Å². The zero-order valence-electron chi connectivity index (χ0n) is 14.3. The zero-order chi connectivity index (χ0) is 19.1. The van der Waals surface area contributed by atoms with Crippen molar-refractivity contribution in [3.05, 3.63) is 49.6 Å². The largest absolute Gasteiger partial charge is 0.337 e. The second kappa shape index (κ2) is 7.18. The molecule has 0 atom stereocenters. The molecule has 1 aliphatic carbocycles. The number of aromatic nitrogens is 1. The molecule has 140 valence electrons. The number of nitrogens with one attached hydrogen (secondary N) is 2. The van der Waals surface area contributed by atoms with Gasteiger partial charge in [0.15, 0.2) is 0 Å². The van der Waals surface area contributed by atoms with Crippen molar-refractivity contribution in [2.45, 2.75) is 31.4 Å². The van der Waals surface area contributed by atoms with Gasteiger partial charge in [0.2, 0.25) is 10.0 Å². The summed E-state index contributed by atoms with van der Waals surface area (Å²) in [5.41, 5.74) is 0.500. The third-order valence-electron chi connectivity index (χ3n) is 4.52. The van der Waals surface area contributed by atoms with Gasteiger partial charge in [-0.3, -0.25) is 14.1 Å². The van der Waals surface area contributed by atoms with E-state index in [0.717, 1.165) is 9.99 Å². The first-order valence-electron chi connectivity index (χ1n) is 8.13. The maximum atomic E-state index is 14.2. The van der Waals surface area contributed by atoms with E-state index in [1.807, 2.05) is 22.6 Å². The number of aryl methyl sites for hydroxylation is 1. The minimum atomic E-state index is -3.55. The van der Waals surface area contributed by atoms with Gasteiger partial charge in [-0.05, 0) is 66.6 Å². The maximum absolute atomic E-state index is 14.2. The Bertz CT molecular complexity index is 1020. The van der Waals surface area contributed by atoms with Crippen LogP contribution >= 0.6 is 22.6 Å². The van der Waals surface area contributed by atoms with Gasteiger partial charge in [0.05, 0.1) is 16.6 Å². The Kier molecular flexibility index (Phi) is 5.29. The third-order valence-corrected chi connectivity index (χ3v) is 7.05. The predicted molar refractivity (Wildman–Crippen MR) is 109 cm³/mol. The molecule has 1 fully saturated rings. The molecule has 3 rings (SSSR count). The molecule has 6 nitrogen and oxygen atoms in total. The van der Waals surface area contributed by atoms with Gasteiger partial charge in [0, 0.05) is 16.2 Å². The van der Waals surface area contributed by atoms with Crippen molar-refractivity contribution in [3.8, 4) is 0 Å². The van der Waals surface area contributed by atoms with Crippen LogP contribution in [0.1, 0.15) is 24.8 Å². The van der Waals surface area contributed by atoms with E-state index < -0.39 is 21.1 Å². The number of nitrogens with zero attached hydrogens (tertiary/aromatic N) is 1. The van der Waals surface area contributed by atoms with Crippen molar-refractivity contribution in [3.63, 3.8) is 0 Å². The van der Waals surface area contributed by atoms with Gasteiger partial charge in [-0.25, -0.2) is 12.8 Å². The number of rotatable bonds is 5. The molecule has 0 bridgehead atoms. The Balaban J connectivity index is 2.05. The Morgan fingerprint density at radius 3 is 2.50 bits per heavy atom. The molecule has 26 heavy (non-hydrogen) atoms. The minimum Gasteiger partial charge on any atom is -0.337 e. The van der Waals surface area contributed by atoms with E-state index in [9.17, 15) is 17.6 Å². The summed E-state index contributed by atoms with van der Waals surface area (Å²) >= 11 is 2.00. The summed E-state index contributed by atoms with van der Waals surface area (Å²) in [6.07, 6.45) is 2.13. The topological polar surface area (TPSA) is 80.2 Å². The maximum Gasteiger partial charge on any atom is 0.254 e. The molecule has 2 N–H and O–H groups in total. The van der Waals surface area contributed by atoms with Crippen LogP contribution in [0.2, 0.25) is 0 Å². The number of hydrogen-bond acceptors (Lipinski definition) is 4. The zero-order valence-corrected chi connectivity index (χ0v) is 17.3. The summed E-state index contributed by atoms with van der Waals surface area (Å²) in [5, 5.41) is 2.43. The standard InChI is InChI=1S/C17H19FIN3O3S/c1-10-8-15(21-26(24,25)12-4-3-5-12)16(22(2)17(10)23)20-14-7-6-11(19)9-13(14)18/h6-9,12,20-21H,3-5H2,1-2H3. The summed E-state index contributed by atoms with van der Waals surface area (Å²) < 4.78 is 43.8. The Morgan fingerprint density at radius 1 is 1.23 bits per heavy atom. The number of halogens is 2. The fraction of sp³-hybridized carbons (Fsp3) is 0.353. The first kappa shape index (κ1) is 19.2. The van der Waals surface area contributed by atoms with Crippen molar-refractivity contribution in [1.29, 1.82) is 0 Å². The van der Waals surface area contributed by atoms with Crippen LogP contribution in [0.15, 0.2) is 29.1 Å². The summed E-state index contributed by atoms with van der Waals surface area (Å²) in [7, 11) is -2.04. The molecular weight excluding hydrogens is 472 g/mol. The smallest absolute Gasteiger partial charge is 0.254 e. The van der Waals surface area contributed by atoms with Crippen molar-refractivity contribution >= 4 is 49.8 Å². The molecule has 1 heterocycles. The first-order valence-corrected chi connectivity index (χ1v) is 10.8. The van der Waals surface area contributed by atoms with E-state index >= 15 is 0 Å². The van der Waals surface area contributed by atoms with Crippen molar-refractivity contribution in [1.82, 2.24) is 4.57 Å². The van der Waals surface area contributed by atoms with Crippen molar-refractivity contribution in [2.75, 3.05) is 10.0 Å². The van der Waals surface area contributed by atoms with E-state index in [0.29, 0.717) is 18.4 Å². The molecule has 0 spiro atoms. The van der Waals surface area contributed by atoms with E-state index in [1.54, 1.807) is 19.1 Å². The average Bonchev–Trinajstić information content (AvgIpc) is 2.48. The lowest BCUT2D eigenvalue weighted by Gasteiger charge is -2.27. The Labute approximate surface area is 165 Å². The summed E-state index contributed by atoms with van der Waals surface area (Å²) in [4.78, 5) is 12.3. The SMILES string of the molecule is Cc1cc(NS(=O)(=O)C2CCC2)c(Nc2ccc(I)cc2F)n(C)c1=O. The van der Waals surface area contributed by atoms with E-state index in [-0.39, 0.29) is 22.8 Å². The van der Waals surface area contributed by atoms with E-state index in [1.165, 1.54) is 23.7 Å². The van der Waals surface area contributed by atoms with Gasteiger partial charge in [-0.1, -0.05) is 6.42 Å². The molecular formula is C17H19FIN3O3S. The van der Waals surface area contributed by atoms with Gasteiger partial charge in [-0.2, -0.15) is 0 Å². The molecule has 1 aromatic heterocycles. The minimum absolute atomic E-state index is 0.161. The fourth-order valence-corrected chi connectivity index (χ4v) is 4.79. The van der Waals surface area contributed by atoms with Crippen LogP contribution in [-0.4, -0.2) is 18.2 Å². The van der Waals surface area contributed by atoms with Gasteiger partial charge in [0.1, 0.15) is 11.6 Å². The highest BCUT2D eigenvalue weighted by Crippen LogP contribution is 2.31. The molecule has 0 radical (unpaired) electrons. The Hall–Kier alpha value is -1.62. The monoisotopic (exact) mass is 491 g/mol. The number of anilines is 3. The summed E-state index contributed by atoms with van der Waals surface area (Å²) in [5.74, 6) is -0.290. The van der Waals surface area contributed by atoms with Crippen LogP contribution in [0.3, 0.4) is 0 Å². The van der Waals surface area contributed by atoms with E-state index in [4.69, 9.17) is 0 Å². The number of pyridine rings is 1. The van der Waals surface area contributed by atoms with E-state index in [2.05, 4.69) is 10.0 Å². The summed E-state index contributed by atoms with van der Waals surface area (Å²) in [6, 6.07) is 6.10. The first-order chi connectivity index (χ1) is 12.2. The summed E-state index contributed by atoms with van der Waals surface area (Å²) in [6.45, 7) is 1.61. The van der Waals surface area contributed by atoms with Gasteiger partial charge >= 0.3 is 0 Å². The lowest BCUT2D eigenvalue weighted by Crippen LogP contribution is -2.34. The quantitative estimate of drug-likeness (QED) is 0.628. The Morgan fingerprint density at radius 2 is 1.92 bits per heavy atom. The third kappa shape index (κ3) is 3.73. The molecule has 1 aliphatic rings.